The van der Waals surface area contributed by atoms with Gasteiger partial charge in [0.25, 0.3) is 0 Å². The van der Waals surface area contributed by atoms with Crippen LogP contribution in [-0.2, 0) is 11.3 Å². The van der Waals surface area contributed by atoms with Crippen LogP contribution < -0.4 is 5.32 Å². The van der Waals surface area contributed by atoms with Gasteiger partial charge < -0.3 is 15.2 Å². The minimum absolute atomic E-state index is 0.0123. The van der Waals surface area contributed by atoms with Gasteiger partial charge in [-0.3, -0.25) is 0 Å². The standard InChI is InChI=1S/C16H24ClNO2/c1-3-16(4-2)10-12(8-9-20-16)18-11-13-14(17)6-5-7-15(13)19/h5-7,12,18-19H,3-4,8-11H2,1-2H3. The second-order valence-electron chi connectivity index (χ2n) is 5.55. The van der Waals surface area contributed by atoms with Crippen LogP contribution in [0.3, 0.4) is 0 Å². The van der Waals surface area contributed by atoms with Crippen LogP contribution in [0.25, 0.3) is 0 Å². The Morgan fingerprint density at radius 3 is 2.80 bits per heavy atom. The van der Waals surface area contributed by atoms with Crippen molar-refractivity contribution in [3.05, 3.63) is 28.8 Å². The van der Waals surface area contributed by atoms with Crippen molar-refractivity contribution in [2.45, 2.75) is 57.7 Å². The van der Waals surface area contributed by atoms with Crippen molar-refractivity contribution in [2.24, 2.45) is 0 Å². The van der Waals surface area contributed by atoms with E-state index >= 15 is 0 Å². The van der Waals surface area contributed by atoms with Crippen LogP contribution in [-0.4, -0.2) is 23.4 Å². The molecule has 1 atom stereocenters. The molecular weight excluding hydrogens is 274 g/mol. The number of halogens is 1. The van der Waals surface area contributed by atoms with Crippen molar-refractivity contribution in [3.63, 3.8) is 0 Å². The number of phenols is 1. The molecule has 1 aliphatic heterocycles. The molecule has 0 radical (unpaired) electrons. The van der Waals surface area contributed by atoms with Gasteiger partial charge in [-0.1, -0.05) is 31.5 Å². The number of nitrogens with one attached hydrogen (secondary N) is 1. The number of hydrogen-bond acceptors (Lipinski definition) is 3. The highest BCUT2D eigenvalue weighted by Crippen LogP contribution is 2.32. The van der Waals surface area contributed by atoms with Crippen LogP contribution in [0.2, 0.25) is 5.02 Å². The molecular formula is C16H24ClNO2. The molecule has 3 nitrogen and oxygen atoms in total. The lowest BCUT2D eigenvalue weighted by Gasteiger charge is -2.40. The molecule has 1 unspecified atom stereocenters. The molecule has 2 rings (SSSR count). The molecule has 2 N–H and O–H groups in total. The lowest BCUT2D eigenvalue weighted by atomic mass is 9.86. The number of hydrogen-bond donors (Lipinski definition) is 2. The highest BCUT2D eigenvalue weighted by molar-refractivity contribution is 6.31. The first kappa shape index (κ1) is 15.6. The van der Waals surface area contributed by atoms with E-state index in [1.165, 1.54) is 0 Å². The van der Waals surface area contributed by atoms with Crippen LogP contribution in [0.15, 0.2) is 18.2 Å². The maximum absolute atomic E-state index is 9.87. The van der Waals surface area contributed by atoms with E-state index in [0.717, 1.165) is 37.9 Å². The minimum atomic E-state index is 0.0123. The van der Waals surface area contributed by atoms with Crippen LogP contribution >= 0.6 is 11.6 Å². The zero-order valence-electron chi connectivity index (χ0n) is 12.3. The van der Waals surface area contributed by atoms with Crippen molar-refractivity contribution in [1.29, 1.82) is 0 Å². The fraction of sp³-hybridized carbons (Fsp3) is 0.625. The first-order valence-corrected chi connectivity index (χ1v) is 7.81. The Bertz CT molecular complexity index is 426. The monoisotopic (exact) mass is 297 g/mol. The maximum atomic E-state index is 9.87. The number of aromatic hydroxyl groups is 1. The third-order valence-corrected chi connectivity index (χ3v) is 4.80. The summed E-state index contributed by atoms with van der Waals surface area (Å²) in [6.07, 6.45) is 4.11. The molecule has 0 aromatic heterocycles. The third-order valence-electron chi connectivity index (χ3n) is 4.44. The Hall–Kier alpha value is -0.770. The van der Waals surface area contributed by atoms with Gasteiger partial charge in [0.2, 0.25) is 0 Å². The molecule has 4 heteroatoms. The van der Waals surface area contributed by atoms with Gasteiger partial charge in [0.1, 0.15) is 5.75 Å². The number of phenolic OH excluding ortho intramolecular Hbond substituents is 1. The summed E-state index contributed by atoms with van der Waals surface area (Å²) in [4.78, 5) is 0. The van der Waals surface area contributed by atoms with Gasteiger partial charge in [-0.25, -0.2) is 0 Å². The number of rotatable bonds is 5. The van der Waals surface area contributed by atoms with Gasteiger partial charge in [0, 0.05) is 29.8 Å². The number of benzene rings is 1. The van der Waals surface area contributed by atoms with Crippen molar-refractivity contribution >= 4 is 11.6 Å². The van der Waals surface area contributed by atoms with Gasteiger partial charge in [-0.05, 0) is 37.8 Å². The Labute approximate surface area is 126 Å². The van der Waals surface area contributed by atoms with Gasteiger partial charge in [0.15, 0.2) is 0 Å². The lowest BCUT2D eigenvalue weighted by molar-refractivity contribution is -0.0932. The van der Waals surface area contributed by atoms with Crippen LogP contribution in [0.5, 0.6) is 5.75 Å². The lowest BCUT2D eigenvalue weighted by Crippen LogP contribution is -2.46. The van der Waals surface area contributed by atoms with E-state index in [9.17, 15) is 5.11 Å². The molecule has 20 heavy (non-hydrogen) atoms. The summed E-state index contributed by atoms with van der Waals surface area (Å²) in [7, 11) is 0. The van der Waals surface area contributed by atoms with Crippen molar-refractivity contribution in [2.75, 3.05) is 6.61 Å². The number of ether oxygens (including phenoxy) is 1. The van der Waals surface area contributed by atoms with E-state index in [0.29, 0.717) is 17.6 Å². The summed E-state index contributed by atoms with van der Waals surface area (Å²) >= 11 is 6.13. The fourth-order valence-corrected chi connectivity index (χ4v) is 3.15. The molecule has 112 valence electrons. The Kier molecular flexibility index (Phi) is 5.30. The molecule has 1 aromatic carbocycles. The van der Waals surface area contributed by atoms with Crippen LogP contribution in [0.4, 0.5) is 0 Å². The third kappa shape index (κ3) is 3.46. The SMILES string of the molecule is CCC1(CC)CC(NCc2c(O)cccc2Cl)CCO1. The first-order valence-electron chi connectivity index (χ1n) is 7.44. The summed E-state index contributed by atoms with van der Waals surface area (Å²) in [5.41, 5.74) is 0.789. The Morgan fingerprint density at radius 1 is 1.40 bits per heavy atom. The second kappa shape index (κ2) is 6.79. The van der Waals surface area contributed by atoms with Crippen molar-refractivity contribution < 1.29 is 9.84 Å². The molecule has 0 aliphatic carbocycles. The molecule has 0 bridgehead atoms. The summed E-state index contributed by atoms with van der Waals surface area (Å²) in [5.74, 6) is 0.259. The fourth-order valence-electron chi connectivity index (χ4n) is 2.91. The highest BCUT2D eigenvalue weighted by Gasteiger charge is 2.34. The summed E-state index contributed by atoms with van der Waals surface area (Å²) < 4.78 is 5.98. The topological polar surface area (TPSA) is 41.5 Å². The molecule has 1 saturated heterocycles. The van der Waals surface area contributed by atoms with E-state index in [4.69, 9.17) is 16.3 Å². The predicted octanol–water partition coefficient (Wildman–Crippen LogP) is 3.87. The molecule has 1 fully saturated rings. The molecule has 1 aromatic rings. The predicted molar refractivity (Wildman–Crippen MR) is 82.2 cm³/mol. The molecule has 0 amide bonds. The zero-order valence-corrected chi connectivity index (χ0v) is 13.0. The molecule has 0 saturated carbocycles. The smallest absolute Gasteiger partial charge is 0.121 e. The van der Waals surface area contributed by atoms with E-state index in [-0.39, 0.29) is 11.4 Å². The maximum Gasteiger partial charge on any atom is 0.121 e. The first-order chi connectivity index (χ1) is 9.60. The molecule has 1 heterocycles. The van der Waals surface area contributed by atoms with Gasteiger partial charge >= 0.3 is 0 Å². The average Bonchev–Trinajstić information content (AvgIpc) is 2.47. The van der Waals surface area contributed by atoms with Crippen molar-refractivity contribution in [3.8, 4) is 5.75 Å². The summed E-state index contributed by atoms with van der Waals surface area (Å²) in [6.45, 7) is 5.77. The Balaban J connectivity index is 1.97. The second-order valence-corrected chi connectivity index (χ2v) is 5.95. The van der Waals surface area contributed by atoms with E-state index in [1.54, 1.807) is 12.1 Å². The van der Waals surface area contributed by atoms with E-state index in [2.05, 4.69) is 19.2 Å². The Morgan fingerprint density at radius 2 is 2.15 bits per heavy atom. The molecule has 1 aliphatic rings. The molecule has 0 spiro atoms. The highest BCUT2D eigenvalue weighted by atomic mass is 35.5. The van der Waals surface area contributed by atoms with E-state index < -0.39 is 0 Å². The van der Waals surface area contributed by atoms with E-state index in [1.807, 2.05) is 6.07 Å². The van der Waals surface area contributed by atoms with Crippen LogP contribution in [0, 0.1) is 0 Å². The quantitative estimate of drug-likeness (QED) is 0.867. The van der Waals surface area contributed by atoms with Crippen LogP contribution in [0.1, 0.15) is 45.1 Å². The minimum Gasteiger partial charge on any atom is -0.508 e. The zero-order chi connectivity index (χ0) is 14.6. The van der Waals surface area contributed by atoms with Gasteiger partial charge in [-0.15, -0.1) is 0 Å². The van der Waals surface area contributed by atoms with Gasteiger partial charge in [-0.2, -0.15) is 0 Å². The average molecular weight is 298 g/mol. The normalized spacial score (nSPS) is 21.9. The summed E-state index contributed by atoms with van der Waals surface area (Å²) in [5, 5.41) is 14.0. The summed E-state index contributed by atoms with van der Waals surface area (Å²) in [6, 6.07) is 5.66. The largest absolute Gasteiger partial charge is 0.508 e. The van der Waals surface area contributed by atoms with Crippen molar-refractivity contribution in [1.82, 2.24) is 5.32 Å². The van der Waals surface area contributed by atoms with Gasteiger partial charge in [0.05, 0.1) is 5.60 Å².